The number of anilines is 1. The molecule has 0 aliphatic rings. The molecule has 114 valence electrons. The minimum Gasteiger partial charge on any atom is -0.497 e. The molecule has 0 spiro atoms. The Hall–Kier alpha value is -1.50. The zero-order valence-electron chi connectivity index (χ0n) is 12.3. The van der Waals surface area contributed by atoms with Crippen molar-refractivity contribution in [1.82, 2.24) is 4.98 Å². The standard InChI is InChI=1S/C15H21N3O2S/c1-10(5-6-19)21-9-12-7-11-3-4-13(20-2)8-14(11)17-15(12)18-16/h3-4,7-8,10,19H,5-6,9,16H2,1-2H3,(H,17,18). The number of nitrogens with one attached hydrogen (secondary N) is 1. The number of benzene rings is 1. The lowest BCUT2D eigenvalue weighted by Crippen LogP contribution is -2.11. The van der Waals surface area contributed by atoms with Gasteiger partial charge in [-0.2, -0.15) is 11.8 Å². The number of rotatable bonds is 7. The SMILES string of the molecule is COc1ccc2cc(CSC(C)CCO)c(NN)nc2c1. The molecule has 6 heteroatoms. The maximum absolute atomic E-state index is 8.96. The minimum atomic E-state index is 0.214. The van der Waals surface area contributed by atoms with E-state index in [9.17, 15) is 0 Å². The fourth-order valence-electron chi connectivity index (χ4n) is 2.05. The van der Waals surface area contributed by atoms with E-state index in [1.165, 1.54) is 0 Å². The zero-order chi connectivity index (χ0) is 15.2. The lowest BCUT2D eigenvalue weighted by molar-refractivity contribution is 0.289. The summed E-state index contributed by atoms with van der Waals surface area (Å²) >= 11 is 1.78. The first-order chi connectivity index (χ1) is 10.2. The van der Waals surface area contributed by atoms with Crippen LogP contribution in [0.25, 0.3) is 10.9 Å². The lowest BCUT2D eigenvalue weighted by Gasteiger charge is -2.13. The number of aliphatic hydroxyl groups is 1. The van der Waals surface area contributed by atoms with Crippen molar-refractivity contribution in [2.75, 3.05) is 19.1 Å². The second kappa shape index (κ2) is 7.49. The molecule has 1 unspecified atom stereocenters. The highest BCUT2D eigenvalue weighted by atomic mass is 32.2. The molecule has 0 aliphatic heterocycles. The van der Waals surface area contributed by atoms with E-state index in [0.29, 0.717) is 11.1 Å². The molecular formula is C15H21N3O2S. The van der Waals surface area contributed by atoms with Gasteiger partial charge in [-0.1, -0.05) is 6.92 Å². The van der Waals surface area contributed by atoms with Crippen LogP contribution in [0.2, 0.25) is 0 Å². The first-order valence-electron chi connectivity index (χ1n) is 6.84. The summed E-state index contributed by atoms with van der Waals surface area (Å²) in [7, 11) is 1.64. The number of ether oxygens (including phenoxy) is 1. The molecule has 1 atom stereocenters. The summed E-state index contributed by atoms with van der Waals surface area (Å²) in [4.78, 5) is 4.55. The zero-order valence-corrected chi connectivity index (χ0v) is 13.1. The molecule has 0 radical (unpaired) electrons. The molecular weight excluding hydrogens is 286 g/mol. The normalized spacial score (nSPS) is 12.4. The van der Waals surface area contributed by atoms with Crippen LogP contribution in [-0.4, -0.2) is 29.1 Å². The van der Waals surface area contributed by atoms with E-state index < -0.39 is 0 Å². The predicted molar refractivity (Wildman–Crippen MR) is 88.6 cm³/mol. The number of fused-ring (bicyclic) bond motifs is 1. The predicted octanol–water partition coefficient (Wildman–Crippen LogP) is 2.53. The van der Waals surface area contributed by atoms with E-state index in [2.05, 4.69) is 23.4 Å². The third-order valence-corrected chi connectivity index (χ3v) is 4.58. The van der Waals surface area contributed by atoms with Crippen molar-refractivity contribution in [2.24, 2.45) is 5.84 Å². The average molecular weight is 307 g/mol. The molecule has 0 aliphatic carbocycles. The fourth-order valence-corrected chi connectivity index (χ4v) is 3.01. The second-order valence-electron chi connectivity index (χ2n) is 4.83. The maximum Gasteiger partial charge on any atom is 0.144 e. The molecule has 0 amide bonds. The number of thioether (sulfide) groups is 1. The molecule has 1 heterocycles. The van der Waals surface area contributed by atoms with Gasteiger partial charge in [0, 0.05) is 34.6 Å². The molecule has 0 saturated heterocycles. The van der Waals surface area contributed by atoms with E-state index in [4.69, 9.17) is 15.7 Å². The molecule has 0 bridgehead atoms. The minimum absolute atomic E-state index is 0.214. The van der Waals surface area contributed by atoms with Gasteiger partial charge in [0.2, 0.25) is 0 Å². The van der Waals surface area contributed by atoms with Gasteiger partial charge in [-0.3, -0.25) is 0 Å². The first kappa shape index (κ1) is 15.9. The van der Waals surface area contributed by atoms with Crippen LogP contribution in [0.1, 0.15) is 18.9 Å². The van der Waals surface area contributed by atoms with Crippen molar-refractivity contribution < 1.29 is 9.84 Å². The Kier molecular flexibility index (Phi) is 5.67. The summed E-state index contributed by atoms with van der Waals surface area (Å²) in [6, 6.07) is 7.90. The smallest absolute Gasteiger partial charge is 0.144 e. The number of hydrogen-bond donors (Lipinski definition) is 3. The van der Waals surface area contributed by atoms with Gasteiger partial charge in [0.05, 0.1) is 12.6 Å². The summed E-state index contributed by atoms with van der Waals surface area (Å²) in [6.45, 7) is 2.32. The van der Waals surface area contributed by atoms with Crippen LogP contribution < -0.4 is 16.0 Å². The monoisotopic (exact) mass is 307 g/mol. The Morgan fingerprint density at radius 1 is 1.43 bits per heavy atom. The van der Waals surface area contributed by atoms with Gasteiger partial charge in [0.1, 0.15) is 11.6 Å². The molecule has 2 aromatic rings. The second-order valence-corrected chi connectivity index (χ2v) is 6.26. The van der Waals surface area contributed by atoms with Gasteiger partial charge in [-0.05, 0) is 24.6 Å². The van der Waals surface area contributed by atoms with Crippen LogP contribution in [0.3, 0.4) is 0 Å². The number of aromatic nitrogens is 1. The molecule has 5 nitrogen and oxygen atoms in total. The highest BCUT2D eigenvalue weighted by Gasteiger charge is 2.09. The Morgan fingerprint density at radius 2 is 2.24 bits per heavy atom. The van der Waals surface area contributed by atoms with Gasteiger partial charge in [0.15, 0.2) is 0 Å². The van der Waals surface area contributed by atoms with Gasteiger partial charge in [-0.15, -0.1) is 0 Å². The topological polar surface area (TPSA) is 80.4 Å². The summed E-state index contributed by atoms with van der Waals surface area (Å²) in [5.74, 6) is 7.84. The Morgan fingerprint density at radius 3 is 2.90 bits per heavy atom. The first-order valence-corrected chi connectivity index (χ1v) is 7.89. The van der Waals surface area contributed by atoms with Crippen LogP contribution in [0.15, 0.2) is 24.3 Å². The summed E-state index contributed by atoms with van der Waals surface area (Å²) < 4.78 is 5.21. The summed E-state index contributed by atoms with van der Waals surface area (Å²) in [6.07, 6.45) is 0.786. The van der Waals surface area contributed by atoms with Crippen LogP contribution >= 0.6 is 11.8 Å². The van der Waals surface area contributed by atoms with Gasteiger partial charge >= 0.3 is 0 Å². The number of aliphatic hydroxyl groups excluding tert-OH is 1. The van der Waals surface area contributed by atoms with Crippen molar-refractivity contribution >= 4 is 28.5 Å². The van der Waals surface area contributed by atoms with E-state index >= 15 is 0 Å². The number of hydrogen-bond acceptors (Lipinski definition) is 6. The maximum atomic E-state index is 8.96. The van der Waals surface area contributed by atoms with Crippen molar-refractivity contribution in [1.29, 1.82) is 0 Å². The van der Waals surface area contributed by atoms with Crippen molar-refractivity contribution in [3.63, 3.8) is 0 Å². The van der Waals surface area contributed by atoms with E-state index in [1.807, 2.05) is 18.2 Å². The number of nitrogens with two attached hydrogens (primary N) is 1. The van der Waals surface area contributed by atoms with Crippen molar-refractivity contribution in [3.8, 4) is 5.75 Å². The van der Waals surface area contributed by atoms with Crippen LogP contribution in [0.5, 0.6) is 5.75 Å². The highest BCUT2D eigenvalue weighted by molar-refractivity contribution is 7.99. The summed E-state index contributed by atoms with van der Waals surface area (Å²) in [5, 5.41) is 10.4. The van der Waals surface area contributed by atoms with E-state index in [0.717, 1.165) is 34.4 Å². The molecule has 1 aromatic carbocycles. The number of nitrogen functional groups attached to an aromatic ring is 1. The average Bonchev–Trinajstić information content (AvgIpc) is 2.51. The highest BCUT2D eigenvalue weighted by Crippen LogP contribution is 2.28. The van der Waals surface area contributed by atoms with Crippen molar-refractivity contribution in [3.05, 3.63) is 29.8 Å². The Labute approximate surface area is 128 Å². The van der Waals surface area contributed by atoms with Crippen LogP contribution in [0.4, 0.5) is 5.82 Å². The fraction of sp³-hybridized carbons (Fsp3) is 0.400. The molecule has 0 fully saturated rings. The molecule has 2 rings (SSSR count). The summed E-state index contributed by atoms with van der Waals surface area (Å²) in [5.41, 5.74) is 4.57. The Bertz CT molecular complexity index is 607. The van der Waals surface area contributed by atoms with Crippen LogP contribution in [-0.2, 0) is 5.75 Å². The number of pyridine rings is 1. The Balaban J connectivity index is 2.26. The van der Waals surface area contributed by atoms with E-state index in [1.54, 1.807) is 18.9 Å². The number of methoxy groups -OCH3 is 1. The quantitative estimate of drug-likeness (QED) is 0.539. The van der Waals surface area contributed by atoms with Crippen molar-refractivity contribution in [2.45, 2.75) is 24.3 Å². The van der Waals surface area contributed by atoms with Gasteiger partial charge < -0.3 is 15.3 Å². The number of nitrogens with zero attached hydrogens (tertiary/aromatic N) is 1. The lowest BCUT2D eigenvalue weighted by atomic mass is 10.1. The molecule has 4 N–H and O–H groups in total. The third-order valence-electron chi connectivity index (χ3n) is 3.30. The van der Waals surface area contributed by atoms with E-state index in [-0.39, 0.29) is 6.61 Å². The third kappa shape index (κ3) is 4.00. The molecule has 0 saturated carbocycles. The molecule has 21 heavy (non-hydrogen) atoms. The van der Waals surface area contributed by atoms with Gasteiger partial charge in [0.25, 0.3) is 0 Å². The molecule has 1 aromatic heterocycles. The van der Waals surface area contributed by atoms with Gasteiger partial charge in [-0.25, -0.2) is 10.8 Å². The number of hydrazine groups is 1. The van der Waals surface area contributed by atoms with Crippen LogP contribution in [0, 0.1) is 0 Å². The largest absolute Gasteiger partial charge is 0.497 e.